The van der Waals surface area contributed by atoms with Crippen molar-refractivity contribution in [2.24, 2.45) is 0 Å². The number of aryl methyl sites for hydroxylation is 1. The number of nitrogens with zero attached hydrogens (tertiary/aromatic N) is 4. The molecule has 2 amide bonds. The predicted molar refractivity (Wildman–Crippen MR) is 121 cm³/mol. The molecule has 0 saturated carbocycles. The summed E-state index contributed by atoms with van der Waals surface area (Å²) >= 11 is 6.16. The van der Waals surface area contributed by atoms with Crippen molar-refractivity contribution in [2.75, 3.05) is 13.1 Å². The van der Waals surface area contributed by atoms with Gasteiger partial charge in [0.1, 0.15) is 0 Å². The van der Waals surface area contributed by atoms with Gasteiger partial charge in [-0.2, -0.15) is 0 Å². The van der Waals surface area contributed by atoms with E-state index < -0.39 is 5.66 Å². The van der Waals surface area contributed by atoms with E-state index in [-0.39, 0.29) is 11.8 Å². The first-order valence-electron chi connectivity index (χ1n) is 10.9. The number of hydrogen-bond acceptors (Lipinski definition) is 4. The van der Waals surface area contributed by atoms with Crippen molar-refractivity contribution in [1.82, 2.24) is 19.8 Å². The number of unbranched alkanes of at least 4 members (excludes halogenated alkanes) is 1. The van der Waals surface area contributed by atoms with Crippen molar-refractivity contribution in [3.63, 3.8) is 0 Å². The molecule has 0 bridgehead atoms. The smallest absolute Gasteiger partial charge is 0.257 e. The highest BCUT2D eigenvalue weighted by atomic mass is 35.5. The number of halogens is 1. The minimum atomic E-state index is -1.05. The van der Waals surface area contributed by atoms with Crippen LogP contribution >= 0.6 is 11.6 Å². The van der Waals surface area contributed by atoms with Gasteiger partial charge in [0.2, 0.25) is 0 Å². The highest BCUT2D eigenvalue weighted by Gasteiger charge is 2.59. The zero-order valence-electron chi connectivity index (χ0n) is 17.8. The average Bonchev–Trinajstić information content (AvgIpc) is 3.33. The Morgan fingerprint density at radius 1 is 1.09 bits per heavy atom. The molecule has 1 saturated heterocycles. The van der Waals surface area contributed by atoms with Crippen molar-refractivity contribution in [1.29, 1.82) is 0 Å². The summed E-state index contributed by atoms with van der Waals surface area (Å²) in [7, 11) is 0. The number of hydrogen-bond donors (Lipinski definition) is 0. The van der Waals surface area contributed by atoms with Gasteiger partial charge in [0, 0.05) is 54.0 Å². The molecule has 4 heterocycles. The van der Waals surface area contributed by atoms with Crippen LogP contribution in [0.5, 0.6) is 0 Å². The molecule has 2 aliphatic heterocycles. The van der Waals surface area contributed by atoms with E-state index in [4.69, 9.17) is 11.6 Å². The van der Waals surface area contributed by atoms with Gasteiger partial charge in [-0.25, -0.2) is 0 Å². The van der Waals surface area contributed by atoms with Crippen LogP contribution in [0.25, 0.3) is 0 Å². The van der Waals surface area contributed by atoms with Crippen LogP contribution in [-0.2, 0) is 12.1 Å². The van der Waals surface area contributed by atoms with Crippen LogP contribution in [0.2, 0.25) is 5.02 Å². The van der Waals surface area contributed by atoms with Gasteiger partial charge in [0.25, 0.3) is 11.8 Å². The largest absolute Gasteiger partial charge is 0.306 e. The van der Waals surface area contributed by atoms with Crippen LogP contribution in [0.1, 0.15) is 57.2 Å². The average molecular weight is 447 g/mol. The molecule has 0 N–H and O–H groups in total. The third kappa shape index (κ3) is 3.01. The van der Waals surface area contributed by atoms with E-state index in [1.54, 1.807) is 46.6 Å². The zero-order valence-corrected chi connectivity index (χ0v) is 18.5. The van der Waals surface area contributed by atoms with Gasteiger partial charge in [0.15, 0.2) is 5.66 Å². The first-order valence-corrected chi connectivity index (χ1v) is 11.2. The van der Waals surface area contributed by atoms with Crippen molar-refractivity contribution in [2.45, 2.75) is 31.8 Å². The first kappa shape index (κ1) is 20.6. The standard InChI is InChI=1S/C25H23ClN4O2/c1-2-3-4-17-13-18(15-28-14-17)23(31)29-11-12-30-24(32)21-9-10-27-16-22(21)25(29,30)19-5-7-20(26)8-6-19/h5-10,13-16H,2-4,11-12H2,1H3. The maximum Gasteiger partial charge on any atom is 0.257 e. The summed E-state index contributed by atoms with van der Waals surface area (Å²) < 4.78 is 0. The highest BCUT2D eigenvalue weighted by Crippen LogP contribution is 2.49. The Morgan fingerprint density at radius 2 is 1.91 bits per heavy atom. The summed E-state index contributed by atoms with van der Waals surface area (Å²) in [5.74, 6) is -0.250. The van der Waals surface area contributed by atoms with Gasteiger partial charge in [-0.1, -0.05) is 37.1 Å². The number of fused-ring (bicyclic) bond motifs is 3. The monoisotopic (exact) mass is 446 g/mol. The zero-order chi connectivity index (χ0) is 22.3. The fraction of sp³-hybridized carbons (Fsp3) is 0.280. The van der Waals surface area contributed by atoms with Crippen LogP contribution in [-0.4, -0.2) is 44.7 Å². The van der Waals surface area contributed by atoms with E-state index >= 15 is 0 Å². The van der Waals surface area contributed by atoms with Crippen LogP contribution in [0, 0.1) is 0 Å². The number of aromatic nitrogens is 2. The van der Waals surface area contributed by atoms with Gasteiger partial charge in [-0.3, -0.25) is 19.6 Å². The molecule has 2 aliphatic rings. The maximum absolute atomic E-state index is 13.9. The van der Waals surface area contributed by atoms with Gasteiger partial charge >= 0.3 is 0 Å². The molecule has 0 aliphatic carbocycles. The molecule has 162 valence electrons. The van der Waals surface area contributed by atoms with E-state index in [0.717, 1.165) is 30.4 Å². The molecule has 5 rings (SSSR count). The number of benzene rings is 1. The highest BCUT2D eigenvalue weighted by molar-refractivity contribution is 6.30. The third-order valence-electron chi connectivity index (χ3n) is 6.35. The number of rotatable bonds is 5. The van der Waals surface area contributed by atoms with E-state index in [2.05, 4.69) is 16.9 Å². The fourth-order valence-electron chi connectivity index (χ4n) is 4.89. The molecular weight excluding hydrogens is 424 g/mol. The Labute approximate surface area is 191 Å². The number of amides is 2. The van der Waals surface area contributed by atoms with Gasteiger partial charge in [0.05, 0.1) is 11.1 Å². The van der Waals surface area contributed by atoms with E-state index in [0.29, 0.717) is 34.8 Å². The molecule has 7 heteroatoms. The third-order valence-corrected chi connectivity index (χ3v) is 6.61. The Bertz CT molecular complexity index is 1200. The minimum Gasteiger partial charge on any atom is -0.306 e. The Kier molecular flexibility index (Phi) is 5.18. The summed E-state index contributed by atoms with van der Waals surface area (Å²) in [5, 5.41) is 0.594. The molecular formula is C25H23ClN4O2. The normalized spacial score (nSPS) is 19.2. The van der Waals surface area contributed by atoms with Crippen LogP contribution in [0.3, 0.4) is 0 Å². The van der Waals surface area contributed by atoms with Crippen LogP contribution in [0.15, 0.2) is 61.2 Å². The maximum atomic E-state index is 13.9. The quantitative estimate of drug-likeness (QED) is 0.586. The summed E-state index contributed by atoms with van der Waals surface area (Å²) in [6.45, 7) is 2.99. The van der Waals surface area contributed by atoms with E-state index in [1.165, 1.54) is 0 Å². The van der Waals surface area contributed by atoms with Crippen molar-refractivity contribution in [3.8, 4) is 0 Å². The second kappa shape index (κ2) is 8.02. The molecule has 1 fully saturated rings. The van der Waals surface area contributed by atoms with Crippen molar-refractivity contribution < 1.29 is 9.59 Å². The second-order valence-electron chi connectivity index (χ2n) is 8.20. The van der Waals surface area contributed by atoms with E-state index in [9.17, 15) is 9.59 Å². The first-order chi connectivity index (χ1) is 15.6. The summed E-state index contributed by atoms with van der Waals surface area (Å²) in [4.78, 5) is 39.4. The number of carbonyl (C=O) groups is 2. The summed E-state index contributed by atoms with van der Waals surface area (Å²) in [6.07, 6.45) is 9.73. The molecule has 1 atom stereocenters. The summed E-state index contributed by atoms with van der Waals surface area (Å²) in [5.41, 5.74) is 2.61. The summed E-state index contributed by atoms with van der Waals surface area (Å²) in [6, 6.07) is 11.0. The number of carbonyl (C=O) groups excluding carboxylic acids is 2. The van der Waals surface area contributed by atoms with Gasteiger partial charge in [-0.05, 0) is 42.7 Å². The lowest BCUT2D eigenvalue weighted by Gasteiger charge is -2.40. The minimum absolute atomic E-state index is 0.0949. The molecule has 2 aromatic heterocycles. The van der Waals surface area contributed by atoms with Crippen molar-refractivity contribution >= 4 is 23.4 Å². The lowest BCUT2D eigenvalue weighted by molar-refractivity contribution is 0.0374. The SMILES string of the molecule is CCCCc1cncc(C(=O)N2CCN3C(=O)c4ccncc4C23c2ccc(Cl)cc2)c1. The van der Waals surface area contributed by atoms with Gasteiger partial charge < -0.3 is 9.80 Å². The predicted octanol–water partition coefficient (Wildman–Crippen LogP) is 4.29. The Morgan fingerprint density at radius 3 is 2.69 bits per heavy atom. The fourth-order valence-corrected chi connectivity index (χ4v) is 5.01. The second-order valence-corrected chi connectivity index (χ2v) is 8.64. The molecule has 0 spiro atoms. The number of pyridine rings is 2. The van der Waals surface area contributed by atoms with Gasteiger partial charge in [-0.15, -0.1) is 0 Å². The molecule has 6 nitrogen and oxygen atoms in total. The van der Waals surface area contributed by atoms with Crippen LogP contribution in [0.4, 0.5) is 0 Å². The molecule has 3 aromatic rings. The topological polar surface area (TPSA) is 66.4 Å². The lowest BCUT2D eigenvalue weighted by Crippen LogP contribution is -2.51. The molecule has 1 unspecified atom stereocenters. The Balaban J connectivity index is 1.65. The lowest BCUT2D eigenvalue weighted by atomic mass is 9.90. The van der Waals surface area contributed by atoms with E-state index in [1.807, 2.05) is 24.4 Å². The Hall–Kier alpha value is -3.25. The van der Waals surface area contributed by atoms with Crippen LogP contribution < -0.4 is 0 Å². The van der Waals surface area contributed by atoms with Crippen molar-refractivity contribution in [3.05, 3.63) is 94.0 Å². The molecule has 1 aromatic carbocycles. The molecule has 32 heavy (non-hydrogen) atoms. The molecule has 0 radical (unpaired) electrons.